The fourth-order valence-electron chi connectivity index (χ4n) is 6.84. The zero-order chi connectivity index (χ0) is 34.5. The van der Waals surface area contributed by atoms with Gasteiger partial charge in [0.15, 0.2) is 0 Å². The molecule has 0 aliphatic carbocycles. The van der Waals surface area contributed by atoms with E-state index in [0.717, 1.165) is 25.9 Å². The van der Waals surface area contributed by atoms with Crippen LogP contribution in [0.2, 0.25) is 0 Å². The molecule has 0 aromatic carbocycles. The Bertz CT molecular complexity index is 614. The molecular formula is C43H86N2O2. The number of unbranched alkanes of at least 4 members (excludes halogenated alkanes) is 30. The molecule has 0 fully saturated rings. The second-order valence-electron chi connectivity index (χ2n) is 15.2. The Balaban J connectivity index is 3.97. The van der Waals surface area contributed by atoms with Gasteiger partial charge >= 0.3 is 0 Å². The lowest BCUT2D eigenvalue weighted by Gasteiger charge is -2.23. The van der Waals surface area contributed by atoms with Gasteiger partial charge in [0.2, 0.25) is 11.8 Å². The molecule has 0 unspecified atom stereocenters. The summed E-state index contributed by atoms with van der Waals surface area (Å²) in [6.45, 7) is 10.3. The predicted octanol–water partition coefficient (Wildman–Crippen LogP) is 13.6. The number of nitrogens with one attached hydrogen (secondary N) is 1. The van der Waals surface area contributed by atoms with Gasteiger partial charge in [-0.1, -0.05) is 206 Å². The highest BCUT2D eigenvalue weighted by Gasteiger charge is 2.15. The Morgan fingerprint density at radius 3 is 0.915 bits per heavy atom. The maximum atomic E-state index is 13.1. The first-order valence-corrected chi connectivity index (χ1v) is 21.6. The molecule has 0 saturated heterocycles. The zero-order valence-corrected chi connectivity index (χ0v) is 32.8. The van der Waals surface area contributed by atoms with E-state index in [4.69, 9.17) is 0 Å². The van der Waals surface area contributed by atoms with Crippen molar-refractivity contribution in [2.75, 3.05) is 13.1 Å². The number of hydrogen-bond donors (Lipinski definition) is 1. The molecule has 47 heavy (non-hydrogen) atoms. The van der Waals surface area contributed by atoms with Crippen LogP contribution in [0, 0.1) is 0 Å². The molecule has 0 aromatic heterocycles. The molecule has 0 saturated carbocycles. The molecule has 0 rings (SSSR count). The average Bonchev–Trinajstić information content (AvgIpc) is 3.05. The lowest BCUT2D eigenvalue weighted by atomic mass is 10.0. The van der Waals surface area contributed by atoms with Crippen LogP contribution in [0.5, 0.6) is 0 Å². The standard InChI is InChI=1S/C43H86N2O2/c1-5-7-9-11-13-15-17-19-21-23-25-27-29-31-33-35-39-45(43(47)38-37-42(46)44-41(3)4)40-36-34-32-30-28-26-24-22-20-18-16-14-12-10-8-6-2/h41H,5-40H2,1-4H3,(H,44,46). The molecule has 4 nitrogen and oxygen atoms in total. The smallest absolute Gasteiger partial charge is 0.223 e. The topological polar surface area (TPSA) is 49.4 Å². The summed E-state index contributed by atoms with van der Waals surface area (Å²) in [6.07, 6.45) is 44.4. The lowest BCUT2D eigenvalue weighted by Crippen LogP contribution is -2.35. The van der Waals surface area contributed by atoms with Gasteiger partial charge in [-0.05, 0) is 26.7 Å². The molecule has 1 N–H and O–H groups in total. The summed E-state index contributed by atoms with van der Waals surface area (Å²) in [5.41, 5.74) is 0. The number of carbonyl (C=O) groups is 2. The van der Waals surface area contributed by atoms with Crippen molar-refractivity contribution in [3.05, 3.63) is 0 Å². The predicted molar refractivity (Wildman–Crippen MR) is 208 cm³/mol. The molecular weight excluding hydrogens is 576 g/mol. The molecule has 0 radical (unpaired) electrons. The fourth-order valence-corrected chi connectivity index (χ4v) is 6.84. The van der Waals surface area contributed by atoms with Gasteiger partial charge < -0.3 is 10.2 Å². The Morgan fingerprint density at radius 1 is 0.404 bits per heavy atom. The molecule has 4 heteroatoms. The van der Waals surface area contributed by atoms with Crippen LogP contribution < -0.4 is 5.32 Å². The fraction of sp³-hybridized carbons (Fsp3) is 0.953. The summed E-state index contributed by atoms with van der Waals surface area (Å²) in [5.74, 6) is 0.170. The summed E-state index contributed by atoms with van der Waals surface area (Å²) in [4.78, 5) is 27.3. The highest BCUT2D eigenvalue weighted by atomic mass is 16.2. The van der Waals surface area contributed by atoms with Gasteiger partial charge in [0.05, 0.1) is 0 Å². The Labute approximate surface area is 296 Å². The summed E-state index contributed by atoms with van der Waals surface area (Å²) >= 11 is 0. The second-order valence-corrected chi connectivity index (χ2v) is 15.2. The summed E-state index contributed by atoms with van der Waals surface area (Å²) in [6, 6.07) is 0.129. The summed E-state index contributed by atoms with van der Waals surface area (Å²) in [5, 5.41) is 2.93. The molecule has 280 valence electrons. The van der Waals surface area contributed by atoms with Gasteiger partial charge in [0.1, 0.15) is 0 Å². The van der Waals surface area contributed by atoms with Crippen LogP contribution in [0.25, 0.3) is 0 Å². The first kappa shape index (κ1) is 45.9. The van der Waals surface area contributed by atoms with Crippen molar-refractivity contribution in [3.8, 4) is 0 Å². The van der Waals surface area contributed by atoms with Crippen LogP contribution in [0.3, 0.4) is 0 Å². The lowest BCUT2D eigenvalue weighted by molar-refractivity contribution is -0.133. The largest absolute Gasteiger partial charge is 0.354 e. The first-order valence-electron chi connectivity index (χ1n) is 21.6. The van der Waals surface area contributed by atoms with E-state index in [1.54, 1.807) is 0 Å². The van der Waals surface area contributed by atoms with Gasteiger partial charge in [0.25, 0.3) is 0 Å². The third-order valence-electron chi connectivity index (χ3n) is 9.93. The van der Waals surface area contributed by atoms with E-state index in [0.29, 0.717) is 12.8 Å². The highest BCUT2D eigenvalue weighted by Crippen LogP contribution is 2.16. The van der Waals surface area contributed by atoms with Gasteiger partial charge in [-0.2, -0.15) is 0 Å². The maximum absolute atomic E-state index is 13.1. The average molecular weight is 663 g/mol. The van der Waals surface area contributed by atoms with Crippen molar-refractivity contribution in [1.82, 2.24) is 10.2 Å². The molecule has 0 aromatic rings. The molecule has 2 amide bonds. The summed E-state index contributed by atoms with van der Waals surface area (Å²) < 4.78 is 0. The van der Waals surface area contributed by atoms with Gasteiger partial charge in [-0.25, -0.2) is 0 Å². The monoisotopic (exact) mass is 663 g/mol. The normalized spacial score (nSPS) is 11.4. The minimum atomic E-state index is -0.00174. The van der Waals surface area contributed by atoms with Crippen molar-refractivity contribution in [2.45, 2.75) is 252 Å². The minimum absolute atomic E-state index is 0.00174. The third-order valence-corrected chi connectivity index (χ3v) is 9.93. The van der Waals surface area contributed by atoms with Crippen molar-refractivity contribution in [2.24, 2.45) is 0 Å². The van der Waals surface area contributed by atoms with E-state index in [2.05, 4.69) is 24.1 Å². The molecule has 0 aliphatic heterocycles. The molecule has 0 spiro atoms. The van der Waals surface area contributed by atoms with Crippen molar-refractivity contribution < 1.29 is 9.59 Å². The Kier molecular flexibility index (Phi) is 36.9. The van der Waals surface area contributed by atoms with Gasteiger partial charge in [0, 0.05) is 32.0 Å². The summed E-state index contributed by atoms with van der Waals surface area (Å²) in [7, 11) is 0. The first-order chi connectivity index (χ1) is 23.0. The maximum Gasteiger partial charge on any atom is 0.223 e. The van der Waals surface area contributed by atoms with Gasteiger partial charge in [-0.15, -0.1) is 0 Å². The van der Waals surface area contributed by atoms with Crippen LogP contribution in [0.15, 0.2) is 0 Å². The number of carbonyl (C=O) groups excluding carboxylic acids is 2. The van der Waals surface area contributed by atoms with Gasteiger partial charge in [-0.3, -0.25) is 9.59 Å². The van der Waals surface area contributed by atoms with E-state index in [-0.39, 0.29) is 17.9 Å². The number of amides is 2. The third kappa shape index (κ3) is 36.1. The SMILES string of the molecule is CCCCCCCCCCCCCCCCCCN(CCCCCCCCCCCCCCCCCC)C(=O)CCC(=O)NC(C)C. The van der Waals surface area contributed by atoms with Crippen LogP contribution in [0.1, 0.15) is 246 Å². The Hall–Kier alpha value is -1.06. The van der Waals surface area contributed by atoms with Crippen molar-refractivity contribution >= 4 is 11.8 Å². The highest BCUT2D eigenvalue weighted by molar-refractivity contribution is 5.83. The number of hydrogen-bond acceptors (Lipinski definition) is 2. The molecule has 0 atom stereocenters. The number of rotatable bonds is 38. The molecule has 0 aliphatic rings. The van der Waals surface area contributed by atoms with Crippen LogP contribution in [-0.2, 0) is 9.59 Å². The van der Waals surface area contributed by atoms with Crippen LogP contribution in [-0.4, -0.2) is 35.8 Å². The van der Waals surface area contributed by atoms with Crippen LogP contribution in [0.4, 0.5) is 0 Å². The quantitative estimate of drug-likeness (QED) is 0.0669. The van der Waals surface area contributed by atoms with E-state index in [1.807, 2.05) is 13.8 Å². The molecule has 0 heterocycles. The van der Waals surface area contributed by atoms with E-state index in [9.17, 15) is 9.59 Å². The Morgan fingerprint density at radius 2 is 0.660 bits per heavy atom. The minimum Gasteiger partial charge on any atom is -0.354 e. The number of nitrogens with zero attached hydrogens (tertiary/aromatic N) is 1. The second kappa shape index (κ2) is 37.8. The van der Waals surface area contributed by atoms with Crippen LogP contribution >= 0.6 is 0 Å². The van der Waals surface area contributed by atoms with E-state index in [1.165, 1.54) is 193 Å². The van der Waals surface area contributed by atoms with E-state index < -0.39 is 0 Å². The van der Waals surface area contributed by atoms with Crippen molar-refractivity contribution in [3.63, 3.8) is 0 Å². The molecule has 0 bridgehead atoms. The van der Waals surface area contributed by atoms with E-state index >= 15 is 0 Å². The zero-order valence-electron chi connectivity index (χ0n) is 32.8. The van der Waals surface area contributed by atoms with Crippen molar-refractivity contribution in [1.29, 1.82) is 0 Å².